The highest BCUT2D eigenvalue weighted by molar-refractivity contribution is 6.21. The molecule has 4 heteroatoms. The Labute approximate surface area is 387 Å². The summed E-state index contributed by atoms with van der Waals surface area (Å²) in [5.74, 6) is 0. The average molecular weight is 861 g/mol. The lowest BCUT2D eigenvalue weighted by Gasteiger charge is -2.28. The topological polar surface area (TPSA) is 32.8 Å². The quantitative estimate of drug-likeness (QED) is 0.167. The van der Waals surface area contributed by atoms with Crippen LogP contribution >= 0.6 is 0 Å². The van der Waals surface area contributed by atoms with Crippen LogP contribution in [0.15, 0.2) is 130 Å². The molecule has 0 spiro atoms. The number of hydrogen-bond donors (Lipinski definition) is 0. The first-order chi connectivity index (χ1) is 31.6. The maximum atomic E-state index is 6.85. The number of furan rings is 2. The van der Waals surface area contributed by atoms with Gasteiger partial charge < -0.3 is 18.6 Å². The molecule has 9 aromatic carbocycles. The highest BCUT2D eigenvalue weighted by Gasteiger charge is 2.22. The molecular formula is C62H56N2O2. The number of benzene rings is 9. The van der Waals surface area contributed by atoms with Gasteiger partial charge in [-0.3, -0.25) is 0 Å². The molecule has 4 nitrogen and oxygen atoms in total. The summed E-state index contributed by atoms with van der Waals surface area (Å²) in [6, 6.07) is 45.3. The first-order valence-electron chi connectivity index (χ1n) is 23.2. The van der Waals surface area contributed by atoms with Crippen LogP contribution in [-0.4, -0.2) is 0 Å². The molecule has 0 bridgehead atoms. The molecule has 2 heterocycles. The van der Waals surface area contributed by atoms with Crippen molar-refractivity contribution in [3.63, 3.8) is 0 Å². The fraction of sp³-hybridized carbons (Fsp3) is 0.194. The van der Waals surface area contributed by atoms with Gasteiger partial charge in [0.05, 0.1) is 0 Å². The molecule has 0 unspecified atom stereocenters. The smallest absolute Gasteiger partial charge is 0.143 e. The molecule has 0 aliphatic carbocycles. The summed E-state index contributed by atoms with van der Waals surface area (Å²) >= 11 is 0. The van der Waals surface area contributed by atoms with E-state index >= 15 is 0 Å². The summed E-state index contributed by atoms with van der Waals surface area (Å²) in [7, 11) is 0. The summed E-state index contributed by atoms with van der Waals surface area (Å²) in [6.07, 6.45) is 0. The Morgan fingerprint density at radius 1 is 0.258 bits per heavy atom. The van der Waals surface area contributed by atoms with Gasteiger partial charge in [0.15, 0.2) is 0 Å². The maximum absolute atomic E-state index is 6.85. The van der Waals surface area contributed by atoms with Gasteiger partial charge in [0.1, 0.15) is 22.3 Å². The first-order valence-corrected chi connectivity index (χ1v) is 23.2. The Morgan fingerprint density at radius 3 is 0.818 bits per heavy atom. The molecule has 66 heavy (non-hydrogen) atoms. The van der Waals surface area contributed by atoms with Crippen molar-refractivity contribution < 1.29 is 8.83 Å². The number of anilines is 6. The Morgan fingerprint density at radius 2 is 0.530 bits per heavy atom. The van der Waals surface area contributed by atoms with Gasteiger partial charge >= 0.3 is 0 Å². The van der Waals surface area contributed by atoms with E-state index in [1.165, 1.54) is 66.8 Å². The minimum absolute atomic E-state index is 0.855. The number of rotatable bonds is 6. The van der Waals surface area contributed by atoms with Crippen LogP contribution in [0.5, 0.6) is 0 Å². The molecule has 0 amide bonds. The van der Waals surface area contributed by atoms with Gasteiger partial charge in [-0.1, -0.05) is 12.1 Å². The van der Waals surface area contributed by atoms with Crippen LogP contribution < -0.4 is 9.80 Å². The Hall–Kier alpha value is -7.30. The van der Waals surface area contributed by atoms with Crippen LogP contribution in [0.25, 0.3) is 65.4 Å². The minimum atomic E-state index is 0.855. The molecule has 0 aliphatic rings. The summed E-state index contributed by atoms with van der Waals surface area (Å²) in [4.78, 5) is 4.80. The van der Waals surface area contributed by atoms with E-state index in [4.69, 9.17) is 8.83 Å². The van der Waals surface area contributed by atoms with E-state index < -0.39 is 0 Å². The van der Waals surface area contributed by atoms with Crippen molar-refractivity contribution in [2.24, 2.45) is 0 Å². The molecule has 0 atom stereocenters. The monoisotopic (exact) mass is 860 g/mol. The predicted octanol–water partition coefficient (Wildman–Crippen LogP) is 18.4. The van der Waals surface area contributed by atoms with Crippen LogP contribution in [0.2, 0.25) is 0 Å². The second-order valence-corrected chi connectivity index (χ2v) is 19.2. The first kappa shape index (κ1) is 41.4. The lowest BCUT2D eigenvalue weighted by Crippen LogP contribution is -2.12. The number of nitrogens with zero attached hydrogens (tertiary/aromatic N) is 2. The fourth-order valence-electron chi connectivity index (χ4n) is 10.3. The van der Waals surface area contributed by atoms with Crippen LogP contribution in [-0.2, 0) is 0 Å². The van der Waals surface area contributed by atoms with Crippen LogP contribution in [0.4, 0.5) is 34.1 Å². The van der Waals surface area contributed by atoms with Crippen molar-refractivity contribution >= 4 is 99.5 Å². The predicted molar refractivity (Wildman–Crippen MR) is 282 cm³/mol. The van der Waals surface area contributed by atoms with Gasteiger partial charge in [-0.25, -0.2) is 0 Å². The summed E-state index contributed by atoms with van der Waals surface area (Å²) in [5, 5.41) is 8.69. The van der Waals surface area contributed by atoms with Gasteiger partial charge in [0, 0.05) is 66.4 Å². The Kier molecular flexibility index (Phi) is 9.50. The van der Waals surface area contributed by atoms with Crippen molar-refractivity contribution in [3.05, 3.63) is 188 Å². The van der Waals surface area contributed by atoms with E-state index in [0.717, 1.165) is 99.5 Å². The van der Waals surface area contributed by atoms with E-state index in [2.05, 4.69) is 214 Å². The SMILES string of the molecule is Cc1cc(N(c2cc(C)c(C)c(C)c2)c2ccc3c(ccc4c5cc6oc7c8ccc(N(c9cc(C)c(C)c(C)c9)c9cc(C)c(C)c(C)c9)cc8ccc7c6cc5oc34)c2)cc(C)c1C. The maximum Gasteiger partial charge on any atom is 0.143 e. The zero-order chi connectivity index (χ0) is 46.0. The lowest BCUT2D eigenvalue weighted by atomic mass is 9.99. The molecule has 0 aliphatic heterocycles. The third-order valence-electron chi connectivity index (χ3n) is 15.2. The van der Waals surface area contributed by atoms with Crippen molar-refractivity contribution in [1.82, 2.24) is 0 Å². The molecule has 0 N–H and O–H groups in total. The molecule has 0 fully saturated rings. The van der Waals surface area contributed by atoms with Gasteiger partial charge in [-0.05, 0) is 270 Å². The highest BCUT2D eigenvalue weighted by atomic mass is 16.3. The van der Waals surface area contributed by atoms with Crippen molar-refractivity contribution in [2.45, 2.75) is 83.1 Å². The van der Waals surface area contributed by atoms with Gasteiger partial charge in [0.25, 0.3) is 0 Å². The number of hydrogen-bond acceptors (Lipinski definition) is 4. The molecule has 0 radical (unpaired) electrons. The van der Waals surface area contributed by atoms with Crippen LogP contribution in [0, 0.1) is 83.1 Å². The zero-order valence-electron chi connectivity index (χ0n) is 40.3. The van der Waals surface area contributed by atoms with Crippen molar-refractivity contribution in [1.29, 1.82) is 0 Å². The van der Waals surface area contributed by atoms with E-state index in [0.29, 0.717) is 0 Å². The minimum Gasteiger partial charge on any atom is -0.455 e. The van der Waals surface area contributed by atoms with Crippen molar-refractivity contribution in [3.8, 4) is 0 Å². The largest absolute Gasteiger partial charge is 0.455 e. The molecule has 0 saturated carbocycles. The van der Waals surface area contributed by atoms with Crippen LogP contribution in [0.1, 0.15) is 66.8 Å². The normalized spacial score (nSPS) is 11.9. The molecule has 2 aromatic heterocycles. The Bertz CT molecular complexity index is 3400. The van der Waals surface area contributed by atoms with E-state index in [1.54, 1.807) is 0 Å². The second kappa shape index (κ2) is 15.1. The third kappa shape index (κ3) is 6.48. The summed E-state index contributed by atoms with van der Waals surface area (Å²) in [5.41, 5.74) is 26.0. The molecule has 326 valence electrons. The summed E-state index contributed by atoms with van der Waals surface area (Å²) < 4.78 is 13.7. The van der Waals surface area contributed by atoms with Gasteiger partial charge in [-0.2, -0.15) is 0 Å². The van der Waals surface area contributed by atoms with Crippen LogP contribution in [0.3, 0.4) is 0 Å². The highest BCUT2D eigenvalue weighted by Crippen LogP contribution is 2.45. The second-order valence-electron chi connectivity index (χ2n) is 19.2. The number of fused-ring (bicyclic) bond motifs is 10. The van der Waals surface area contributed by atoms with E-state index in [9.17, 15) is 0 Å². The molecule has 0 saturated heterocycles. The van der Waals surface area contributed by atoms with Gasteiger partial charge in [-0.15, -0.1) is 0 Å². The molecule has 11 rings (SSSR count). The average Bonchev–Trinajstić information content (AvgIpc) is 3.85. The van der Waals surface area contributed by atoms with Gasteiger partial charge in [0.2, 0.25) is 0 Å². The number of aryl methyl sites for hydroxylation is 8. The third-order valence-corrected chi connectivity index (χ3v) is 15.2. The summed E-state index contributed by atoms with van der Waals surface area (Å²) in [6.45, 7) is 26.5. The van der Waals surface area contributed by atoms with E-state index in [1.807, 2.05) is 0 Å². The Balaban J connectivity index is 1.01. The molecular weight excluding hydrogens is 805 g/mol. The standard InChI is InChI=1S/C62H56N2O2/c1-33-21-49(22-34(2)41(33)9)63(50-23-35(3)42(10)36(4)24-50)47-15-19-53-45(29-47)13-17-55-57-31-60-58(32-59(57)65-61(53)55)56-18-14-46-30-48(16-20-54(46)62(56)66-60)64(51-25-37(5)43(11)38(6)26-51)52-27-39(7)44(12)40(8)28-52/h13-32H,1-12H3. The zero-order valence-corrected chi connectivity index (χ0v) is 40.3. The lowest BCUT2D eigenvalue weighted by molar-refractivity contribution is 0.667. The molecule has 11 aromatic rings. The van der Waals surface area contributed by atoms with E-state index in [-0.39, 0.29) is 0 Å². The fourth-order valence-corrected chi connectivity index (χ4v) is 10.3. The van der Waals surface area contributed by atoms with Crippen molar-refractivity contribution in [2.75, 3.05) is 9.80 Å².